The molecule has 0 saturated heterocycles. The molecule has 0 amide bonds. The molecule has 2 aromatic heterocycles. The summed E-state index contributed by atoms with van der Waals surface area (Å²) in [4.78, 5) is 15.2. The number of hydrogen-bond acceptors (Lipinski definition) is 3. The van der Waals surface area contributed by atoms with Gasteiger partial charge >= 0.3 is 0 Å². The van der Waals surface area contributed by atoms with E-state index in [-0.39, 0.29) is 5.78 Å². The largest absolute Gasteiger partial charge is 0.288 e. The van der Waals surface area contributed by atoms with Crippen molar-refractivity contribution in [3.05, 3.63) is 40.6 Å². The number of hydrogen-bond donors (Lipinski definition) is 0. The highest BCUT2D eigenvalue weighted by Gasteiger charge is 2.17. The van der Waals surface area contributed by atoms with Crippen LogP contribution < -0.4 is 0 Å². The van der Waals surface area contributed by atoms with Gasteiger partial charge in [-0.05, 0) is 57.8 Å². The van der Waals surface area contributed by atoms with Gasteiger partial charge in [-0.3, -0.25) is 4.79 Å². The van der Waals surface area contributed by atoms with Crippen LogP contribution in [0, 0.1) is 13.8 Å². The molecule has 0 aliphatic heterocycles. The van der Waals surface area contributed by atoms with Gasteiger partial charge in [0.2, 0.25) is 5.78 Å². The Balaban J connectivity index is 2.42. The highest BCUT2D eigenvalue weighted by molar-refractivity contribution is 9.13. The van der Waals surface area contributed by atoms with Crippen LogP contribution in [0.4, 0.5) is 0 Å². The molecule has 0 saturated carbocycles. The van der Waals surface area contributed by atoms with E-state index in [0.717, 1.165) is 23.6 Å². The Kier molecular flexibility index (Phi) is 3.69. The molecule has 0 aliphatic rings. The van der Waals surface area contributed by atoms with E-state index in [1.807, 2.05) is 26.0 Å². The Bertz CT molecular complexity index is 535. The summed E-state index contributed by atoms with van der Waals surface area (Å²) in [6.07, 6.45) is 0. The zero-order chi connectivity index (χ0) is 11.9. The van der Waals surface area contributed by atoms with E-state index in [1.54, 1.807) is 11.3 Å². The van der Waals surface area contributed by atoms with E-state index in [9.17, 15) is 4.79 Å². The van der Waals surface area contributed by atoms with Crippen LogP contribution in [0.5, 0.6) is 0 Å². The van der Waals surface area contributed by atoms with Crippen molar-refractivity contribution in [2.24, 2.45) is 0 Å². The first-order valence-electron chi connectivity index (χ1n) is 4.55. The summed E-state index contributed by atoms with van der Waals surface area (Å²) in [7, 11) is 0. The van der Waals surface area contributed by atoms with Gasteiger partial charge in [0.1, 0.15) is 0 Å². The quantitative estimate of drug-likeness (QED) is 0.656. The molecule has 0 unspecified atom stereocenters. The molecule has 0 spiro atoms. The van der Waals surface area contributed by atoms with Gasteiger partial charge in [-0.25, -0.2) is 0 Å². The molecule has 0 atom stereocenters. The number of carbonyl (C=O) groups excluding carboxylic acids is 1. The molecular formula is C11H8Br2OS2. The second-order valence-corrected chi connectivity index (χ2v) is 8.07. The second-order valence-electron chi connectivity index (χ2n) is 3.39. The SMILES string of the molecule is Cc1cc(C(=O)c2cc(Br)c(Br)s2)c(C)s1. The first-order chi connectivity index (χ1) is 7.49. The fourth-order valence-corrected chi connectivity index (χ4v) is 4.36. The molecule has 2 heterocycles. The van der Waals surface area contributed by atoms with Crippen molar-refractivity contribution in [1.29, 1.82) is 0 Å². The molecule has 0 bridgehead atoms. The average molecular weight is 380 g/mol. The lowest BCUT2D eigenvalue weighted by atomic mass is 10.1. The molecule has 0 aromatic carbocycles. The molecule has 1 nitrogen and oxygen atoms in total. The van der Waals surface area contributed by atoms with E-state index in [4.69, 9.17) is 0 Å². The standard InChI is InChI=1S/C11H8Br2OS2/c1-5-3-7(6(2)15-5)10(14)9-4-8(12)11(13)16-9/h3-4H,1-2H3. The number of aryl methyl sites for hydroxylation is 2. The van der Waals surface area contributed by atoms with Crippen LogP contribution in [0.15, 0.2) is 20.4 Å². The summed E-state index contributed by atoms with van der Waals surface area (Å²) in [5.74, 6) is 0.109. The maximum atomic E-state index is 12.2. The minimum atomic E-state index is 0.109. The van der Waals surface area contributed by atoms with E-state index in [2.05, 4.69) is 31.9 Å². The maximum absolute atomic E-state index is 12.2. The Morgan fingerprint density at radius 1 is 1.19 bits per heavy atom. The molecule has 0 aliphatic carbocycles. The molecular weight excluding hydrogens is 372 g/mol. The topological polar surface area (TPSA) is 17.1 Å². The zero-order valence-electron chi connectivity index (χ0n) is 8.64. The summed E-state index contributed by atoms with van der Waals surface area (Å²) < 4.78 is 1.89. The van der Waals surface area contributed by atoms with Crippen LogP contribution in [0.25, 0.3) is 0 Å². The van der Waals surface area contributed by atoms with Gasteiger partial charge in [0.25, 0.3) is 0 Å². The van der Waals surface area contributed by atoms with E-state index in [1.165, 1.54) is 16.2 Å². The van der Waals surface area contributed by atoms with Gasteiger partial charge in [-0.2, -0.15) is 0 Å². The zero-order valence-corrected chi connectivity index (χ0v) is 13.4. The summed E-state index contributed by atoms with van der Waals surface area (Å²) in [6, 6.07) is 3.83. The minimum absolute atomic E-state index is 0.109. The fraction of sp³-hybridized carbons (Fsp3) is 0.182. The van der Waals surface area contributed by atoms with E-state index < -0.39 is 0 Å². The molecule has 0 N–H and O–H groups in total. The van der Waals surface area contributed by atoms with Crippen LogP contribution in [0.1, 0.15) is 25.0 Å². The Morgan fingerprint density at radius 2 is 1.88 bits per heavy atom. The first-order valence-corrected chi connectivity index (χ1v) is 7.77. The van der Waals surface area contributed by atoms with Crippen molar-refractivity contribution >= 4 is 60.3 Å². The molecule has 0 radical (unpaired) electrons. The smallest absolute Gasteiger partial charge is 0.204 e. The number of ketones is 1. The van der Waals surface area contributed by atoms with E-state index >= 15 is 0 Å². The normalized spacial score (nSPS) is 10.8. The van der Waals surface area contributed by atoms with Crippen molar-refractivity contribution < 1.29 is 4.79 Å². The second kappa shape index (κ2) is 4.72. The predicted octanol–water partition coefficient (Wildman–Crippen LogP) is 5.18. The monoisotopic (exact) mass is 378 g/mol. The van der Waals surface area contributed by atoms with Crippen LogP contribution in [-0.2, 0) is 0 Å². The van der Waals surface area contributed by atoms with Crippen molar-refractivity contribution in [2.45, 2.75) is 13.8 Å². The van der Waals surface area contributed by atoms with Gasteiger partial charge in [-0.15, -0.1) is 22.7 Å². The summed E-state index contributed by atoms with van der Waals surface area (Å²) in [5.41, 5.74) is 0.823. The summed E-state index contributed by atoms with van der Waals surface area (Å²) in [6.45, 7) is 4.01. The lowest BCUT2D eigenvalue weighted by Crippen LogP contribution is -1.97. The first kappa shape index (κ1) is 12.5. The van der Waals surface area contributed by atoms with E-state index in [0.29, 0.717) is 0 Å². The number of carbonyl (C=O) groups is 1. The van der Waals surface area contributed by atoms with Gasteiger partial charge in [0.05, 0.1) is 8.66 Å². The van der Waals surface area contributed by atoms with Gasteiger partial charge in [0.15, 0.2) is 0 Å². The molecule has 84 valence electrons. The number of rotatable bonds is 2. The van der Waals surface area contributed by atoms with Crippen LogP contribution in [0.3, 0.4) is 0 Å². The summed E-state index contributed by atoms with van der Waals surface area (Å²) in [5, 5.41) is 0. The molecule has 2 aromatic rings. The van der Waals surface area contributed by atoms with Crippen LogP contribution >= 0.6 is 54.5 Å². The lowest BCUT2D eigenvalue weighted by Gasteiger charge is -1.94. The summed E-state index contributed by atoms with van der Waals surface area (Å²) >= 11 is 9.92. The lowest BCUT2D eigenvalue weighted by molar-refractivity contribution is 0.104. The average Bonchev–Trinajstić information content (AvgIpc) is 2.70. The van der Waals surface area contributed by atoms with Crippen molar-refractivity contribution in [3.8, 4) is 0 Å². The van der Waals surface area contributed by atoms with Crippen molar-refractivity contribution in [1.82, 2.24) is 0 Å². The molecule has 0 fully saturated rings. The van der Waals surface area contributed by atoms with Gasteiger partial charge in [0, 0.05) is 19.8 Å². The number of thiophene rings is 2. The molecule has 2 rings (SSSR count). The minimum Gasteiger partial charge on any atom is -0.288 e. The number of halogens is 2. The predicted molar refractivity (Wildman–Crippen MR) is 76.9 cm³/mol. The highest BCUT2D eigenvalue weighted by atomic mass is 79.9. The third kappa shape index (κ3) is 2.32. The van der Waals surface area contributed by atoms with Gasteiger partial charge in [-0.1, -0.05) is 0 Å². The third-order valence-corrected chi connectivity index (χ3v) is 6.38. The maximum Gasteiger partial charge on any atom is 0.204 e. The fourth-order valence-electron chi connectivity index (χ4n) is 1.45. The molecule has 5 heteroatoms. The van der Waals surface area contributed by atoms with Crippen LogP contribution in [0.2, 0.25) is 0 Å². The molecule has 16 heavy (non-hydrogen) atoms. The van der Waals surface area contributed by atoms with Crippen molar-refractivity contribution in [2.75, 3.05) is 0 Å². The van der Waals surface area contributed by atoms with Crippen LogP contribution in [-0.4, -0.2) is 5.78 Å². The Hall–Kier alpha value is 0.0300. The Morgan fingerprint density at radius 3 is 2.31 bits per heavy atom. The third-order valence-electron chi connectivity index (χ3n) is 2.15. The Labute approximate surface area is 119 Å². The van der Waals surface area contributed by atoms with Crippen molar-refractivity contribution in [3.63, 3.8) is 0 Å². The van der Waals surface area contributed by atoms with Gasteiger partial charge < -0.3 is 0 Å². The highest BCUT2D eigenvalue weighted by Crippen LogP contribution is 2.34.